The maximum absolute atomic E-state index is 12.0. The van der Waals surface area contributed by atoms with Crippen LogP contribution < -0.4 is 21.5 Å². The minimum Gasteiger partial charge on any atom is -0.542 e. The van der Waals surface area contributed by atoms with E-state index in [-0.39, 0.29) is 24.4 Å². The second-order valence-corrected chi connectivity index (χ2v) is 6.85. The van der Waals surface area contributed by atoms with Crippen LogP contribution in [0.25, 0.3) is 0 Å². The van der Waals surface area contributed by atoms with Crippen molar-refractivity contribution in [2.24, 2.45) is 0 Å². The fourth-order valence-electron chi connectivity index (χ4n) is 2.37. The molecule has 0 aliphatic heterocycles. The first-order valence-electron chi connectivity index (χ1n) is 10.00. The summed E-state index contributed by atoms with van der Waals surface area (Å²) in [6.07, 6.45) is -4.77. The number of carboxylic acid groups (broad SMARTS) is 1. The summed E-state index contributed by atoms with van der Waals surface area (Å²) in [5.41, 5.74) is 3.90. The standard InChI is InChI=1S/C17H26N4O6.C2HF3O2/c18-9-1-2-10-19-15(23)7-8-16(24)20-14(11-22)17(25)12-3-5-13(6-4-12)21(26)27;3-2(4,5)1(6)7/h3-6,14,17,22,25H,1-2,7-11,18H2,(H,19,23)(H,20,24);(H,6,7)/t14-,17-;/m1./s1. The fourth-order valence-corrected chi connectivity index (χ4v) is 2.37. The summed E-state index contributed by atoms with van der Waals surface area (Å²) in [7, 11) is 0. The van der Waals surface area contributed by atoms with E-state index in [0.29, 0.717) is 12.1 Å². The van der Waals surface area contributed by atoms with E-state index in [1.807, 2.05) is 0 Å². The number of nitrogens with one attached hydrogen (secondary N) is 2. The molecule has 1 rings (SSSR count). The number of carbonyl (C=O) groups is 3. The highest BCUT2D eigenvalue weighted by Crippen LogP contribution is 2.20. The van der Waals surface area contributed by atoms with Crippen molar-refractivity contribution in [3.8, 4) is 0 Å². The van der Waals surface area contributed by atoms with Crippen molar-refractivity contribution in [1.29, 1.82) is 0 Å². The zero-order chi connectivity index (χ0) is 26.3. The summed E-state index contributed by atoms with van der Waals surface area (Å²) in [4.78, 5) is 42.5. The Kier molecular flexibility index (Phi) is 14.0. The number of carbonyl (C=O) groups excluding carboxylic acids is 3. The number of aliphatic hydroxyl groups excluding tert-OH is 2. The zero-order valence-corrected chi connectivity index (χ0v) is 18.0. The molecule has 1 aromatic carbocycles. The smallest absolute Gasteiger partial charge is 0.430 e. The number of non-ortho nitro benzene ring substituents is 1. The topological polar surface area (TPSA) is 210 Å². The third-order valence-corrected chi connectivity index (χ3v) is 4.18. The monoisotopic (exact) mass is 496 g/mol. The van der Waals surface area contributed by atoms with E-state index < -0.39 is 41.7 Å². The van der Waals surface area contributed by atoms with Crippen LogP contribution in [0, 0.1) is 10.1 Å². The lowest BCUT2D eigenvalue weighted by Crippen LogP contribution is -2.50. The van der Waals surface area contributed by atoms with Crippen molar-refractivity contribution in [1.82, 2.24) is 10.6 Å². The van der Waals surface area contributed by atoms with Crippen LogP contribution in [0.3, 0.4) is 0 Å². The quantitative estimate of drug-likeness (QED) is 0.128. The number of unbranched alkanes of at least 4 members (excludes halogenated alkanes) is 1. The lowest BCUT2D eigenvalue weighted by atomic mass is 10.0. The van der Waals surface area contributed by atoms with Gasteiger partial charge in [0.1, 0.15) is 12.1 Å². The first-order chi connectivity index (χ1) is 15.8. The number of halogens is 3. The van der Waals surface area contributed by atoms with Gasteiger partial charge in [0, 0.05) is 31.5 Å². The molecular formula is C19H27F3N4O8. The van der Waals surface area contributed by atoms with Crippen LogP contribution >= 0.6 is 0 Å². The molecule has 0 saturated carbocycles. The van der Waals surface area contributed by atoms with Crippen molar-refractivity contribution in [3.05, 3.63) is 39.9 Å². The molecule has 0 fully saturated rings. The summed E-state index contributed by atoms with van der Waals surface area (Å²) in [6.45, 7) is 0.813. The van der Waals surface area contributed by atoms with Crippen LogP contribution in [0.5, 0.6) is 0 Å². The number of rotatable bonds is 12. The molecule has 0 heterocycles. The van der Waals surface area contributed by atoms with Gasteiger partial charge in [-0.15, -0.1) is 0 Å². The van der Waals surface area contributed by atoms with Gasteiger partial charge in [0.25, 0.3) is 5.69 Å². The average Bonchev–Trinajstić information content (AvgIpc) is 2.78. The molecule has 0 aromatic heterocycles. The molecule has 1 aromatic rings. The molecule has 0 bridgehead atoms. The highest BCUT2D eigenvalue weighted by molar-refractivity contribution is 5.83. The molecule has 7 N–H and O–H groups in total. The van der Waals surface area contributed by atoms with Crippen LogP contribution in [0.2, 0.25) is 0 Å². The van der Waals surface area contributed by atoms with Crippen LogP contribution in [0.15, 0.2) is 24.3 Å². The van der Waals surface area contributed by atoms with E-state index in [1.54, 1.807) is 0 Å². The highest BCUT2D eigenvalue weighted by atomic mass is 19.4. The maximum atomic E-state index is 12.0. The van der Waals surface area contributed by atoms with Gasteiger partial charge < -0.3 is 36.5 Å². The van der Waals surface area contributed by atoms with Crippen molar-refractivity contribution < 1.29 is 53.5 Å². The molecule has 2 atom stereocenters. The molecule has 12 nitrogen and oxygen atoms in total. The summed E-state index contributed by atoms with van der Waals surface area (Å²) in [5, 5.41) is 44.3. The molecule has 0 aliphatic rings. The lowest BCUT2D eigenvalue weighted by molar-refractivity contribution is -0.384. The predicted octanol–water partition coefficient (Wildman–Crippen LogP) is -1.68. The van der Waals surface area contributed by atoms with Crippen LogP contribution in [-0.4, -0.2) is 64.8 Å². The van der Waals surface area contributed by atoms with E-state index in [2.05, 4.69) is 16.4 Å². The van der Waals surface area contributed by atoms with Crippen molar-refractivity contribution in [3.63, 3.8) is 0 Å². The number of aliphatic carboxylic acids is 1. The molecule has 192 valence electrons. The number of hydrogen-bond acceptors (Lipinski definition) is 8. The molecular weight excluding hydrogens is 469 g/mol. The van der Waals surface area contributed by atoms with E-state index >= 15 is 0 Å². The maximum Gasteiger partial charge on any atom is 0.430 e. The Morgan fingerprint density at radius 2 is 1.62 bits per heavy atom. The Morgan fingerprint density at radius 3 is 2.06 bits per heavy atom. The van der Waals surface area contributed by atoms with Crippen molar-refractivity contribution in [2.45, 2.75) is 44.0 Å². The predicted molar refractivity (Wildman–Crippen MR) is 107 cm³/mol. The van der Waals surface area contributed by atoms with E-state index in [4.69, 9.17) is 9.90 Å². The van der Waals surface area contributed by atoms with Crippen molar-refractivity contribution in [2.75, 3.05) is 19.7 Å². The Hall–Kier alpha value is -3.30. The summed E-state index contributed by atoms with van der Waals surface area (Å²) in [6, 6.07) is 4.19. The summed E-state index contributed by atoms with van der Waals surface area (Å²) < 4.78 is 31.5. The van der Waals surface area contributed by atoms with Gasteiger partial charge in [-0.05, 0) is 30.5 Å². The Balaban J connectivity index is 0.00000135. The van der Waals surface area contributed by atoms with Gasteiger partial charge >= 0.3 is 6.18 Å². The Bertz CT molecular complexity index is 806. The first-order valence-corrected chi connectivity index (χ1v) is 10.00. The van der Waals surface area contributed by atoms with Gasteiger partial charge in [-0.2, -0.15) is 13.2 Å². The Labute approximate surface area is 192 Å². The van der Waals surface area contributed by atoms with Gasteiger partial charge in [-0.1, -0.05) is 0 Å². The average molecular weight is 496 g/mol. The van der Waals surface area contributed by atoms with E-state index in [1.165, 1.54) is 24.3 Å². The van der Waals surface area contributed by atoms with Gasteiger partial charge in [0.15, 0.2) is 0 Å². The number of quaternary nitrogens is 1. The molecule has 15 heteroatoms. The van der Waals surface area contributed by atoms with Gasteiger partial charge in [-0.3, -0.25) is 19.7 Å². The largest absolute Gasteiger partial charge is 0.542 e. The SMILES string of the molecule is O=C([O-])C(F)(F)F.[NH3+]CCCCNC(=O)CCC(=O)N[C@H](CO)[C@H](O)c1ccc([N+](=O)[O-])cc1. The van der Waals surface area contributed by atoms with Gasteiger partial charge in [0.2, 0.25) is 11.8 Å². The molecule has 0 spiro atoms. The molecule has 0 unspecified atom stereocenters. The number of nitrogens with zero attached hydrogens (tertiary/aromatic N) is 1. The van der Waals surface area contributed by atoms with Crippen LogP contribution in [0.1, 0.15) is 37.4 Å². The number of nitro groups is 1. The highest BCUT2D eigenvalue weighted by Gasteiger charge is 2.28. The fraction of sp³-hybridized carbons (Fsp3) is 0.526. The number of aliphatic hydroxyl groups is 2. The third kappa shape index (κ3) is 12.7. The second-order valence-electron chi connectivity index (χ2n) is 6.85. The third-order valence-electron chi connectivity index (χ3n) is 4.18. The van der Waals surface area contributed by atoms with Crippen molar-refractivity contribution >= 4 is 23.5 Å². The number of nitro benzene ring substituents is 1. The zero-order valence-electron chi connectivity index (χ0n) is 18.0. The number of benzene rings is 1. The Morgan fingerprint density at radius 1 is 1.09 bits per heavy atom. The number of alkyl halides is 3. The van der Waals surface area contributed by atoms with E-state index in [9.17, 15) is 43.1 Å². The van der Waals surface area contributed by atoms with Gasteiger partial charge in [-0.25, -0.2) is 0 Å². The number of hydrogen-bond donors (Lipinski definition) is 5. The second kappa shape index (κ2) is 15.5. The molecule has 0 aliphatic carbocycles. The van der Waals surface area contributed by atoms with Crippen LogP contribution in [0.4, 0.5) is 18.9 Å². The molecule has 0 radical (unpaired) electrons. The molecule has 2 amide bonds. The molecule has 0 saturated heterocycles. The summed E-state index contributed by atoms with van der Waals surface area (Å²) in [5.74, 6) is -3.74. The molecule has 34 heavy (non-hydrogen) atoms. The first kappa shape index (κ1) is 30.7. The number of amides is 2. The summed E-state index contributed by atoms with van der Waals surface area (Å²) >= 11 is 0. The number of carboxylic acids is 1. The van der Waals surface area contributed by atoms with Gasteiger partial charge in [0.05, 0.1) is 24.1 Å². The normalized spacial score (nSPS) is 12.5. The lowest BCUT2D eigenvalue weighted by Gasteiger charge is -2.22. The van der Waals surface area contributed by atoms with E-state index in [0.717, 1.165) is 19.4 Å². The minimum atomic E-state index is -5.19. The van der Waals surface area contributed by atoms with Crippen LogP contribution in [-0.2, 0) is 14.4 Å². The minimum absolute atomic E-state index is 0.00197.